The fraction of sp³-hybridized carbons (Fsp3) is 1.00. The Morgan fingerprint density at radius 1 is 0.737 bits per heavy atom. The molecule has 0 aliphatic rings. The molecule has 0 bridgehead atoms. The second-order valence-electron chi connectivity index (χ2n) is 5.45. The third-order valence-corrected chi connectivity index (χ3v) is 3.69. The summed E-state index contributed by atoms with van der Waals surface area (Å²) in [6, 6.07) is 0. The van der Waals surface area contributed by atoms with Gasteiger partial charge in [-0.3, -0.25) is 0 Å². The molecular formula is C16H34ClMgO+2. The molecule has 19 heavy (non-hydrogen) atoms. The van der Waals surface area contributed by atoms with Crippen molar-refractivity contribution in [2.45, 2.75) is 90.9 Å². The van der Waals surface area contributed by atoms with Gasteiger partial charge >= 0.3 is 29.7 Å². The molecule has 0 heterocycles. The van der Waals surface area contributed by atoms with Crippen molar-refractivity contribution in [1.82, 2.24) is 0 Å². The third kappa shape index (κ3) is 19.0. The van der Waals surface area contributed by atoms with Gasteiger partial charge in [0.15, 0.2) is 0 Å². The van der Waals surface area contributed by atoms with E-state index in [1.165, 1.54) is 97.7 Å². The predicted molar refractivity (Wildman–Crippen MR) is 88.9 cm³/mol. The van der Waals surface area contributed by atoms with Crippen LogP contribution in [-0.2, 0) is 0 Å². The summed E-state index contributed by atoms with van der Waals surface area (Å²) in [6.07, 6.45) is 16.0. The predicted octanol–water partition coefficient (Wildman–Crippen LogP) is 5.62. The van der Waals surface area contributed by atoms with E-state index in [2.05, 4.69) is 22.9 Å². The molecule has 1 atom stereocenters. The summed E-state index contributed by atoms with van der Waals surface area (Å²) in [7, 11) is 4.67. The second kappa shape index (κ2) is 21.3. The van der Waals surface area contributed by atoms with Crippen molar-refractivity contribution in [3.8, 4) is 0 Å². The SMILES string of the molecule is CCCCCCCCC(CO)CCCCCC.[Mg+2][Cl]. The van der Waals surface area contributed by atoms with Crippen molar-refractivity contribution in [3.63, 3.8) is 0 Å². The Bertz CT molecular complexity index is 145. The lowest BCUT2D eigenvalue weighted by atomic mass is 9.95. The smallest absolute Gasteiger partial charge is 0.396 e. The van der Waals surface area contributed by atoms with Crippen LogP contribution in [0.3, 0.4) is 0 Å². The Morgan fingerprint density at radius 2 is 1.11 bits per heavy atom. The number of unbranched alkanes of at least 4 members (excludes halogenated alkanes) is 8. The molecule has 3 heteroatoms. The van der Waals surface area contributed by atoms with Crippen molar-refractivity contribution in [2.24, 2.45) is 5.92 Å². The third-order valence-electron chi connectivity index (χ3n) is 3.69. The molecule has 0 saturated heterocycles. The van der Waals surface area contributed by atoms with Crippen LogP contribution >= 0.6 is 9.07 Å². The first kappa shape index (κ1) is 22.3. The molecule has 111 valence electrons. The molecule has 0 aromatic heterocycles. The van der Waals surface area contributed by atoms with Crippen molar-refractivity contribution in [1.29, 1.82) is 0 Å². The topological polar surface area (TPSA) is 20.2 Å². The van der Waals surface area contributed by atoms with Crippen LogP contribution in [0.4, 0.5) is 0 Å². The Kier molecular flexibility index (Phi) is 25.0. The fourth-order valence-electron chi connectivity index (χ4n) is 2.40. The average Bonchev–Trinajstić information content (AvgIpc) is 2.47. The molecule has 0 rings (SSSR count). The summed E-state index contributed by atoms with van der Waals surface area (Å²) in [4.78, 5) is 0. The highest BCUT2D eigenvalue weighted by Gasteiger charge is 2.16. The van der Waals surface area contributed by atoms with Crippen molar-refractivity contribution >= 4 is 29.7 Å². The van der Waals surface area contributed by atoms with Gasteiger partial charge in [-0.2, -0.15) is 0 Å². The van der Waals surface area contributed by atoms with Crippen LogP contribution in [0.1, 0.15) is 90.9 Å². The minimum Gasteiger partial charge on any atom is -0.396 e. The zero-order valence-electron chi connectivity index (χ0n) is 13.3. The maximum Gasteiger partial charge on any atom is 1.59 e. The quantitative estimate of drug-likeness (QED) is 0.345. The summed E-state index contributed by atoms with van der Waals surface area (Å²) in [5.74, 6) is 0.582. The minimum atomic E-state index is 0.404. The van der Waals surface area contributed by atoms with Crippen LogP contribution in [0.2, 0.25) is 0 Å². The van der Waals surface area contributed by atoms with Gasteiger partial charge in [0.2, 0.25) is 0 Å². The molecule has 0 spiro atoms. The fourth-order valence-corrected chi connectivity index (χ4v) is 2.40. The van der Waals surface area contributed by atoms with Gasteiger partial charge in [0.05, 0.1) is 0 Å². The summed E-state index contributed by atoms with van der Waals surface area (Å²) in [5, 5.41) is 9.32. The summed E-state index contributed by atoms with van der Waals surface area (Å²) in [6.45, 7) is 4.92. The zero-order valence-corrected chi connectivity index (χ0v) is 15.5. The lowest BCUT2D eigenvalue weighted by Gasteiger charge is -2.13. The zero-order chi connectivity index (χ0) is 14.8. The summed E-state index contributed by atoms with van der Waals surface area (Å²) < 4.78 is 0. The molecule has 1 unspecified atom stereocenters. The van der Waals surface area contributed by atoms with E-state index in [4.69, 9.17) is 0 Å². The first-order valence-corrected chi connectivity index (χ1v) is 10.4. The summed E-state index contributed by atoms with van der Waals surface area (Å²) >= 11 is 1.33. The van der Waals surface area contributed by atoms with E-state index in [9.17, 15) is 5.11 Å². The Morgan fingerprint density at radius 3 is 1.53 bits per heavy atom. The molecule has 0 aliphatic heterocycles. The maximum absolute atomic E-state index is 9.32. The van der Waals surface area contributed by atoms with Crippen LogP contribution < -0.4 is 0 Å². The molecule has 1 N–H and O–H groups in total. The number of aliphatic hydroxyl groups is 1. The monoisotopic (exact) mass is 301 g/mol. The Balaban J connectivity index is 0. The number of rotatable bonds is 13. The largest absolute Gasteiger partial charge is 1.59 e. The second-order valence-corrected chi connectivity index (χ2v) is 5.45. The Labute approximate surface area is 138 Å². The lowest BCUT2D eigenvalue weighted by Crippen LogP contribution is -2.06. The van der Waals surface area contributed by atoms with Gasteiger partial charge in [0.1, 0.15) is 0 Å². The van der Waals surface area contributed by atoms with Crippen LogP contribution in [0.5, 0.6) is 0 Å². The van der Waals surface area contributed by atoms with Gasteiger partial charge in [-0.1, -0.05) is 78.1 Å². The van der Waals surface area contributed by atoms with E-state index in [0.717, 1.165) is 0 Å². The molecule has 0 aromatic carbocycles. The molecule has 7 radical (unpaired) electrons. The number of aliphatic hydroxyl groups excluding tert-OH is 1. The van der Waals surface area contributed by atoms with Gasteiger partial charge < -0.3 is 5.11 Å². The van der Waals surface area contributed by atoms with Crippen molar-refractivity contribution < 1.29 is 5.11 Å². The van der Waals surface area contributed by atoms with Gasteiger partial charge in [-0.25, -0.2) is 0 Å². The number of halogens is 1. The highest BCUT2D eigenvalue weighted by atomic mass is 35.5. The molecule has 0 aliphatic carbocycles. The van der Waals surface area contributed by atoms with Gasteiger partial charge in [-0.05, 0) is 18.8 Å². The van der Waals surface area contributed by atoms with Crippen LogP contribution in [-0.4, -0.2) is 32.3 Å². The van der Waals surface area contributed by atoms with E-state index in [1.807, 2.05) is 0 Å². The first-order valence-electron chi connectivity index (χ1n) is 8.22. The molecular weight excluding hydrogens is 268 g/mol. The highest BCUT2D eigenvalue weighted by molar-refractivity contribution is 6.80. The molecule has 0 fully saturated rings. The summed E-state index contributed by atoms with van der Waals surface area (Å²) in [5.41, 5.74) is 0. The van der Waals surface area contributed by atoms with Crippen LogP contribution in [0.25, 0.3) is 0 Å². The van der Waals surface area contributed by atoms with Crippen LogP contribution in [0.15, 0.2) is 0 Å². The standard InChI is InChI=1S/C16H34O.ClH.Mg/c1-3-5-7-9-10-12-14-16(15-17)13-11-8-6-4-2;;/h16-17H,3-15H2,1-2H3;1H;/q;;+3/p-1. The van der Waals surface area contributed by atoms with Gasteiger partial charge in [0, 0.05) is 6.61 Å². The minimum absolute atomic E-state index is 0.404. The van der Waals surface area contributed by atoms with E-state index in [1.54, 1.807) is 0 Å². The van der Waals surface area contributed by atoms with Gasteiger partial charge in [-0.15, -0.1) is 0 Å². The van der Waals surface area contributed by atoms with Gasteiger partial charge in [0.25, 0.3) is 0 Å². The Hall–Kier alpha value is 1.02. The van der Waals surface area contributed by atoms with E-state index >= 15 is 0 Å². The number of hydrogen-bond acceptors (Lipinski definition) is 1. The normalized spacial score (nSPS) is 11.8. The van der Waals surface area contributed by atoms with Crippen molar-refractivity contribution in [2.75, 3.05) is 6.61 Å². The molecule has 1 nitrogen and oxygen atoms in total. The van der Waals surface area contributed by atoms with Crippen molar-refractivity contribution in [3.05, 3.63) is 0 Å². The van der Waals surface area contributed by atoms with E-state index in [0.29, 0.717) is 12.5 Å². The van der Waals surface area contributed by atoms with E-state index in [-0.39, 0.29) is 0 Å². The first-order chi connectivity index (χ1) is 9.35. The average molecular weight is 302 g/mol. The molecule has 0 amide bonds. The van der Waals surface area contributed by atoms with E-state index < -0.39 is 0 Å². The van der Waals surface area contributed by atoms with Crippen LogP contribution in [0, 0.1) is 5.92 Å². The molecule has 0 saturated carbocycles. The lowest BCUT2D eigenvalue weighted by molar-refractivity contribution is 0.204. The number of hydrogen-bond donors (Lipinski definition) is 1. The maximum atomic E-state index is 9.32. The highest BCUT2D eigenvalue weighted by Crippen LogP contribution is 2.18. The molecule has 0 aromatic rings.